The van der Waals surface area contributed by atoms with Crippen LogP contribution >= 0.6 is 12.6 Å². The molecule has 2 aromatic heterocycles. The second-order valence-electron chi connectivity index (χ2n) is 7.91. The lowest BCUT2D eigenvalue weighted by Gasteiger charge is -2.18. The number of hydrogen-bond donors (Lipinski definition) is 2. The second kappa shape index (κ2) is 7.79. The Hall–Kier alpha value is -3.00. The van der Waals surface area contributed by atoms with E-state index in [2.05, 4.69) is 94.4 Å². The van der Waals surface area contributed by atoms with Crippen molar-refractivity contribution >= 4 is 12.6 Å². The minimum atomic E-state index is -0.0851. The summed E-state index contributed by atoms with van der Waals surface area (Å²) in [5, 5.41) is 18.9. The summed E-state index contributed by atoms with van der Waals surface area (Å²) in [5.74, 6) is 2.90. The molecule has 1 N–H and O–H groups in total. The highest BCUT2D eigenvalue weighted by molar-refractivity contribution is 7.79. The van der Waals surface area contributed by atoms with Crippen LogP contribution in [-0.4, -0.2) is 35.4 Å². The monoisotopic (exact) mass is 405 g/mol. The molecule has 0 saturated heterocycles. The van der Waals surface area contributed by atoms with E-state index in [4.69, 9.17) is 0 Å². The molecule has 2 aromatic carbocycles. The fourth-order valence-corrected chi connectivity index (χ4v) is 3.43. The molecule has 0 unspecified atom stereocenters. The van der Waals surface area contributed by atoms with Gasteiger partial charge in [-0.3, -0.25) is 0 Å². The van der Waals surface area contributed by atoms with E-state index in [9.17, 15) is 0 Å². The van der Waals surface area contributed by atoms with E-state index in [-0.39, 0.29) is 5.41 Å². The first kappa shape index (κ1) is 19.3. The van der Waals surface area contributed by atoms with Gasteiger partial charge in [0.1, 0.15) is 5.82 Å². The summed E-state index contributed by atoms with van der Waals surface area (Å²) >= 11 is 4.33. The van der Waals surface area contributed by atoms with Crippen molar-refractivity contribution in [3.8, 4) is 22.5 Å². The molecule has 0 spiro atoms. The molecule has 148 valence electrons. The zero-order valence-electron chi connectivity index (χ0n) is 16.7. The van der Waals surface area contributed by atoms with Gasteiger partial charge >= 0.3 is 0 Å². The summed E-state index contributed by atoms with van der Waals surface area (Å²) < 4.78 is 1.98. The molecule has 0 radical (unpaired) electrons. The van der Waals surface area contributed by atoms with E-state index in [0.717, 1.165) is 33.9 Å². The van der Waals surface area contributed by atoms with Gasteiger partial charge in [-0.2, -0.15) is 17.7 Å². The van der Waals surface area contributed by atoms with Crippen molar-refractivity contribution in [2.24, 2.45) is 0 Å². The highest BCUT2D eigenvalue weighted by atomic mass is 32.1. The first-order valence-corrected chi connectivity index (χ1v) is 10.1. The maximum atomic E-state index is 4.65. The highest BCUT2D eigenvalue weighted by Gasteiger charge is 2.22. The summed E-state index contributed by atoms with van der Waals surface area (Å²) in [6.45, 7) is 7.11. The van der Waals surface area contributed by atoms with Crippen molar-refractivity contribution in [2.75, 3.05) is 0 Å². The Morgan fingerprint density at radius 2 is 1.72 bits per heavy atom. The molecule has 0 aliphatic carbocycles. The molecule has 8 heteroatoms. The van der Waals surface area contributed by atoms with Crippen LogP contribution in [-0.2, 0) is 17.7 Å². The maximum Gasteiger partial charge on any atom is 0.180 e. The zero-order valence-corrected chi connectivity index (χ0v) is 17.6. The Morgan fingerprint density at radius 1 is 1.00 bits per heavy atom. The molecule has 4 aromatic rings. The molecular formula is C21H23N7S. The lowest BCUT2D eigenvalue weighted by Crippen LogP contribution is -2.20. The number of tetrazole rings is 1. The SMILES string of the molecule is CC(C)(C)c1nc(CS)nn1Cc1ccc(-c2ccccc2-c2nnn[nH]2)cc1. The predicted molar refractivity (Wildman–Crippen MR) is 116 cm³/mol. The van der Waals surface area contributed by atoms with Crippen LogP contribution in [0.5, 0.6) is 0 Å². The number of nitrogens with zero attached hydrogens (tertiary/aromatic N) is 6. The second-order valence-corrected chi connectivity index (χ2v) is 8.23. The molecule has 0 aliphatic rings. The summed E-state index contributed by atoms with van der Waals surface area (Å²) in [7, 11) is 0. The average Bonchev–Trinajstić information content (AvgIpc) is 3.38. The van der Waals surface area contributed by atoms with Gasteiger partial charge in [0.15, 0.2) is 11.6 Å². The number of thiol groups is 1. The third-order valence-electron chi connectivity index (χ3n) is 4.65. The Morgan fingerprint density at radius 3 is 2.34 bits per heavy atom. The van der Waals surface area contributed by atoms with Gasteiger partial charge in [0.05, 0.1) is 12.3 Å². The van der Waals surface area contributed by atoms with Gasteiger partial charge < -0.3 is 0 Å². The van der Waals surface area contributed by atoms with Crippen LogP contribution < -0.4 is 0 Å². The van der Waals surface area contributed by atoms with Crippen LogP contribution in [0.15, 0.2) is 48.5 Å². The molecule has 7 nitrogen and oxygen atoms in total. The van der Waals surface area contributed by atoms with Crippen LogP contribution in [0.4, 0.5) is 0 Å². The number of aromatic amines is 1. The number of rotatable bonds is 5. The van der Waals surface area contributed by atoms with E-state index < -0.39 is 0 Å². The van der Waals surface area contributed by atoms with Crippen molar-refractivity contribution in [3.63, 3.8) is 0 Å². The quantitative estimate of drug-likeness (QED) is 0.492. The van der Waals surface area contributed by atoms with Crippen LogP contribution in [0.1, 0.15) is 38.0 Å². The molecule has 0 amide bonds. The van der Waals surface area contributed by atoms with Crippen LogP contribution in [0.25, 0.3) is 22.5 Å². The molecule has 0 bridgehead atoms. The van der Waals surface area contributed by atoms with E-state index in [1.807, 2.05) is 22.9 Å². The molecular weight excluding hydrogens is 382 g/mol. The highest BCUT2D eigenvalue weighted by Crippen LogP contribution is 2.30. The van der Waals surface area contributed by atoms with Crippen LogP contribution in [0, 0.1) is 0 Å². The fraction of sp³-hybridized carbons (Fsp3) is 0.286. The summed E-state index contributed by atoms with van der Waals surface area (Å²) in [5.41, 5.74) is 4.22. The van der Waals surface area contributed by atoms with Crippen molar-refractivity contribution in [1.82, 2.24) is 35.4 Å². The number of hydrogen-bond acceptors (Lipinski definition) is 6. The van der Waals surface area contributed by atoms with E-state index in [1.165, 1.54) is 0 Å². The van der Waals surface area contributed by atoms with Gasteiger partial charge in [-0.25, -0.2) is 14.8 Å². The van der Waals surface area contributed by atoms with Gasteiger partial charge in [0.25, 0.3) is 0 Å². The van der Waals surface area contributed by atoms with Gasteiger partial charge in [-0.15, -0.1) is 5.10 Å². The zero-order chi connectivity index (χ0) is 20.4. The lowest BCUT2D eigenvalue weighted by molar-refractivity contribution is 0.490. The molecule has 2 heterocycles. The number of nitrogens with one attached hydrogen (secondary N) is 1. The fourth-order valence-electron chi connectivity index (χ4n) is 3.30. The van der Waals surface area contributed by atoms with E-state index >= 15 is 0 Å². The first-order chi connectivity index (χ1) is 14.0. The molecule has 0 saturated carbocycles. The standard InChI is InChI=1S/C21H23N7S/c1-21(2,3)20-22-18(13-29)25-28(20)12-14-8-10-15(11-9-14)16-6-4-5-7-17(16)19-23-26-27-24-19/h4-11,29H,12-13H2,1-3H3,(H,23,24,26,27). The average molecular weight is 406 g/mol. The largest absolute Gasteiger partial charge is 0.245 e. The van der Waals surface area contributed by atoms with E-state index in [1.54, 1.807) is 0 Å². The van der Waals surface area contributed by atoms with Crippen molar-refractivity contribution < 1.29 is 0 Å². The first-order valence-electron chi connectivity index (χ1n) is 9.43. The number of benzene rings is 2. The summed E-state index contributed by atoms with van der Waals surface area (Å²) in [6, 6.07) is 16.6. The van der Waals surface area contributed by atoms with Gasteiger partial charge in [0, 0.05) is 11.0 Å². The smallest absolute Gasteiger partial charge is 0.180 e. The minimum absolute atomic E-state index is 0.0851. The van der Waals surface area contributed by atoms with Crippen molar-refractivity contribution in [1.29, 1.82) is 0 Å². The number of aromatic nitrogens is 7. The minimum Gasteiger partial charge on any atom is -0.245 e. The van der Waals surface area contributed by atoms with Crippen LogP contribution in [0.2, 0.25) is 0 Å². The van der Waals surface area contributed by atoms with Gasteiger partial charge in [-0.05, 0) is 27.1 Å². The molecule has 29 heavy (non-hydrogen) atoms. The molecule has 0 fully saturated rings. The normalized spacial score (nSPS) is 11.7. The predicted octanol–water partition coefficient (Wildman–Crippen LogP) is 3.90. The molecule has 0 aliphatic heterocycles. The maximum absolute atomic E-state index is 4.65. The Bertz CT molecular complexity index is 1090. The van der Waals surface area contributed by atoms with Crippen LogP contribution in [0.3, 0.4) is 0 Å². The Kier molecular flexibility index (Phi) is 5.19. The summed E-state index contributed by atoms with van der Waals surface area (Å²) in [6.07, 6.45) is 0. The molecule has 0 atom stereocenters. The van der Waals surface area contributed by atoms with Gasteiger partial charge in [-0.1, -0.05) is 69.3 Å². The van der Waals surface area contributed by atoms with Crippen molar-refractivity contribution in [2.45, 2.75) is 38.5 Å². The third kappa shape index (κ3) is 4.07. The number of H-pyrrole nitrogens is 1. The topological polar surface area (TPSA) is 85.2 Å². The van der Waals surface area contributed by atoms with E-state index in [0.29, 0.717) is 18.1 Å². The Labute approximate surface area is 175 Å². The lowest BCUT2D eigenvalue weighted by atomic mass is 9.95. The Balaban J connectivity index is 1.63. The molecule has 4 rings (SSSR count). The summed E-state index contributed by atoms with van der Waals surface area (Å²) in [4.78, 5) is 4.65. The van der Waals surface area contributed by atoms with Gasteiger partial charge in [0.2, 0.25) is 0 Å². The van der Waals surface area contributed by atoms with Crippen molar-refractivity contribution in [3.05, 3.63) is 65.7 Å². The third-order valence-corrected chi connectivity index (χ3v) is 4.94.